The highest BCUT2D eigenvalue weighted by molar-refractivity contribution is 6.29. The minimum atomic E-state index is -0.283. The van der Waals surface area contributed by atoms with Crippen molar-refractivity contribution in [2.24, 2.45) is 7.05 Å². The van der Waals surface area contributed by atoms with Crippen LogP contribution in [-0.4, -0.2) is 32.2 Å². The van der Waals surface area contributed by atoms with E-state index in [4.69, 9.17) is 11.6 Å². The van der Waals surface area contributed by atoms with E-state index < -0.39 is 0 Å². The molecule has 0 saturated carbocycles. The van der Waals surface area contributed by atoms with Gasteiger partial charge in [-0.05, 0) is 12.0 Å². The fourth-order valence-corrected chi connectivity index (χ4v) is 1.61. The SMILES string of the molecule is Cn1cc(CCNC(=O)c2cncc(Cl)n2)cn1. The first-order valence-electron chi connectivity index (χ1n) is 5.38. The third-order valence-electron chi connectivity index (χ3n) is 2.30. The molecule has 2 aromatic rings. The molecule has 2 heterocycles. The van der Waals surface area contributed by atoms with Crippen LogP contribution in [0.15, 0.2) is 24.8 Å². The number of nitrogens with one attached hydrogen (secondary N) is 1. The molecule has 18 heavy (non-hydrogen) atoms. The second-order valence-corrected chi connectivity index (χ2v) is 4.14. The largest absolute Gasteiger partial charge is 0.350 e. The first kappa shape index (κ1) is 12.5. The van der Waals surface area contributed by atoms with Crippen molar-refractivity contribution in [3.8, 4) is 0 Å². The summed E-state index contributed by atoms with van der Waals surface area (Å²) in [4.78, 5) is 19.4. The molecule has 2 rings (SSSR count). The van der Waals surface area contributed by atoms with Gasteiger partial charge in [-0.15, -0.1) is 0 Å². The summed E-state index contributed by atoms with van der Waals surface area (Å²) in [6.07, 6.45) is 7.16. The summed E-state index contributed by atoms with van der Waals surface area (Å²) < 4.78 is 1.72. The van der Waals surface area contributed by atoms with Gasteiger partial charge in [0, 0.05) is 19.8 Å². The van der Waals surface area contributed by atoms with Gasteiger partial charge in [0.2, 0.25) is 0 Å². The van der Waals surface area contributed by atoms with Crippen LogP contribution >= 0.6 is 11.6 Å². The number of hydrogen-bond acceptors (Lipinski definition) is 4. The molecule has 94 valence electrons. The molecule has 0 atom stereocenters. The second kappa shape index (κ2) is 5.59. The quantitative estimate of drug-likeness (QED) is 0.889. The monoisotopic (exact) mass is 265 g/mol. The van der Waals surface area contributed by atoms with Gasteiger partial charge >= 0.3 is 0 Å². The van der Waals surface area contributed by atoms with E-state index in [-0.39, 0.29) is 16.8 Å². The first-order chi connectivity index (χ1) is 8.65. The summed E-state index contributed by atoms with van der Waals surface area (Å²) in [6, 6.07) is 0. The normalized spacial score (nSPS) is 10.3. The lowest BCUT2D eigenvalue weighted by atomic mass is 10.2. The molecule has 0 aliphatic rings. The second-order valence-electron chi connectivity index (χ2n) is 3.76. The van der Waals surface area contributed by atoms with Crippen LogP contribution in [0.25, 0.3) is 0 Å². The van der Waals surface area contributed by atoms with Gasteiger partial charge in [0.25, 0.3) is 5.91 Å². The maximum absolute atomic E-state index is 11.7. The Hall–Kier alpha value is -1.95. The van der Waals surface area contributed by atoms with E-state index >= 15 is 0 Å². The molecule has 2 aromatic heterocycles. The standard InChI is InChI=1S/C11H12ClN5O/c1-17-7-8(4-15-17)2-3-14-11(18)9-5-13-6-10(12)16-9/h4-7H,2-3H2,1H3,(H,14,18). The zero-order valence-electron chi connectivity index (χ0n) is 9.80. The third kappa shape index (κ3) is 3.27. The summed E-state index contributed by atoms with van der Waals surface area (Å²) >= 11 is 5.66. The number of amides is 1. The van der Waals surface area contributed by atoms with Gasteiger partial charge < -0.3 is 5.32 Å². The summed E-state index contributed by atoms with van der Waals surface area (Å²) in [7, 11) is 1.85. The van der Waals surface area contributed by atoms with Crippen LogP contribution in [0.3, 0.4) is 0 Å². The number of hydrogen-bond donors (Lipinski definition) is 1. The zero-order chi connectivity index (χ0) is 13.0. The Kier molecular flexibility index (Phi) is 3.88. The van der Waals surface area contributed by atoms with Gasteiger partial charge in [-0.3, -0.25) is 14.5 Å². The van der Waals surface area contributed by atoms with Crippen LogP contribution in [-0.2, 0) is 13.5 Å². The Morgan fingerprint density at radius 1 is 1.44 bits per heavy atom. The van der Waals surface area contributed by atoms with Crippen LogP contribution in [0.2, 0.25) is 5.15 Å². The maximum atomic E-state index is 11.7. The van der Waals surface area contributed by atoms with Crippen molar-refractivity contribution >= 4 is 17.5 Å². The lowest BCUT2D eigenvalue weighted by molar-refractivity contribution is 0.0948. The van der Waals surface area contributed by atoms with E-state index in [9.17, 15) is 4.79 Å². The molecule has 0 fully saturated rings. The van der Waals surface area contributed by atoms with E-state index in [0.29, 0.717) is 13.0 Å². The summed E-state index contributed by atoms with van der Waals surface area (Å²) in [5, 5.41) is 7.00. The molecule has 1 N–H and O–H groups in total. The van der Waals surface area contributed by atoms with Gasteiger partial charge in [0.05, 0.1) is 18.6 Å². The highest BCUT2D eigenvalue weighted by Gasteiger charge is 2.07. The molecule has 0 spiro atoms. The maximum Gasteiger partial charge on any atom is 0.271 e. The third-order valence-corrected chi connectivity index (χ3v) is 2.48. The Morgan fingerprint density at radius 2 is 2.28 bits per heavy atom. The van der Waals surface area contributed by atoms with Crippen LogP contribution in [0.4, 0.5) is 0 Å². The van der Waals surface area contributed by atoms with E-state index in [1.165, 1.54) is 12.4 Å². The predicted molar refractivity (Wildman–Crippen MR) is 66.3 cm³/mol. The molecule has 0 bridgehead atoms. The van der Waals surface area contributed by atoms with E-state index in [1.807, 2.05) is 13.2 Å². The van der Waals surface area contributed by atoms with Gasteiger partial charge in [-0.25, -0.2) is 4.98 Å². The van der Waals surface area contributed by atoms with Gasteiger partial charge in [-0.1, -0.05) is 11.6 Å². The highest BCUT2D eigenvalue weighted by Crippen LogP contribution is 2.02. The Morgan fingerprint density at radius 3 is 2.94 bits per heavy atom. The van der Waals surface area contributed by atoms with Crippen LogP contribution < -0.4 is 5.32 Å². The van der Waals surface area contributed by atoms with Crippen LogP contribution in [0, 0.1) is 0 Å². The van der Waals surface area contributed by atoms with E-state index in [1.54, 1.807) is 10.9 Å². The molecule has 7 heteroatoms. The topological polar surface area (TPSA) is 72.7 Å². The van der Waals surface area contributed by atoms with Crippen molar-refractivity contribution in [1.29, 1.82) is 0 Å². The average Bonchev–Trinajstić information content (AvgIpc) is 2.75. The predicted octanol–water partition coefficient (Wildman–Crippen LogP) is 0.836. The summed E-state index contributed by atoms with van der Waals surface area (Å²) in [5.74, 6) is -0.283. The smallest absolute Gasteiger partial charge is 0.271 e. The average molecular weight is 266 g/mol. The molecule has 0 aliphatic heterocycles. The van der Waals surface area contributed by atoms with Gasteiger partial charge in [0.15, 0.2) is 0 Å². The number of carbonyl (C=O) groups is 1. The molecular formula is C11H12ClN5O. The molecular weight excluding hydrogens is 254 g/mol. The van der Waals surface area contributed by atoms with E-state index in [2.05, 4.69) is 20.4 Å². The van der Waals surface area contributed by atoms with Crippen molar-refractivity contribution in [2.45, 2.75) is 6.42 Å². The van der Waals surface area contributed by atoms with Crippen molar-refractivity contribution in [3.05, 3.63) is 41.2 Å². The van der Waals surface area contributed by atoms with Gasteiger partial charge in [-0.2, -0.15) is 5.10 Å². The van der Waals surface area contributed by atoms with Crippen molar-refractivity contribution in [2.75, 3.05) is 6.54 Å². The lowest BCUT2D eigenvalue weighted by Crippen LogP contribution is -2.26. The number of aryl methyl sites for hydroxylation is 1. The van der Waals surface area contributed by atoms with Crippen LogP contribution in [0.5, 0.6) is 0 Å². The molecule has 0 aromatic carbocycles. The Bertz CT molecular complexity index is 554. The zero-order valence-corrected chi connectivity index (χ0v) is 10.6. The number of carbonyl (C=O) groups excluding carboxylic acids is 1. The Labute approximate surface area is 109 Å². The highest BCUT2D eigenvalue weighted by atomic mass is 35.5. The number of nitrogens with zero attached hydrogens (tertiary/aromatic N) is 4. The molecule has 0 aliphatic carbocycles. The minimum absolute atomic E-state index is 0.204. The summed E-state index contributed by atoms with van der Waals surface area (Å²) in [5.41, 5.74) is 1.28. The van der Waals surface area contributed by atoms with E-state index in [0.717, 1.165) is 5.56 Å². The molecule has 0 radical (unpaired) electrons. The molecule has 1 amide bonds. The summed E-state index contributed by atoms with van der Waals surface area (Å²) in [6.45, 7) is 0.513. The number of aromatic nitrogens is 4. The van der Waals surface area contributed by atoms with Crippen molar-refractivity contribution < 1.29 is 4.79 Å². The van der Waals surface area contributed by atoms with Crippen molar-refractivity contribution in [1.82, 2.24) is 25.1 Å². The van der Waals surface area contributed by atoms with Gasteiger partial charge in [0.1, 0.15) is 10.8 Å². The fourth-order valence-electron chi connectivity index (χ4n) is 1.46. The van der Waals surface area contributed by atoms with Crippen LogP contribution in [0.1, 0.15) is 16.1 Å². The number of rotatable bonds is 4. The minimum Gasteiger partial charge on any atom is -0.350 e. The van der Waals surface area contributed by atoms with Crippen molar-refractivity contribution in [3.63, 3.8) is 0 Å². The fraction of sp³-hybridized carbons (Fsp3) is 0.273. The Balaban J connectivity index is 1.85. The molecule has 6 nitrogen and oxygen atoms in total. The first-order valence-corrected chi connectivity index (χ1v) is 5.76. The lowest BCUT2D eigenvalue weighted by Gasteiger charge is -2.03. The molecule has 0 unspecified atom stereocenters. The molecule has 0 saturated heterocycles. The number of halogens is 1.